The van der Waals surface area contributed by atoms with Crippen molar-refractivity contribution in [3.63, 3.8) is 0 Å². The Labute approximate surface area is 131 Å². The van der Waals surface area contributed by atoms with E-state index in [1.54, 1.807) is 30.1 Å². The molecule has 7 nitrogen and oxygen atoms in total. The van der Waals surface area contributed by atoms with Gasteiger partial charge in [0.25, 0.3) is 0 Å². The summed E-state index contributed by atoms with van der Waals surface area (Å²) in [6, 6.07) is 7.46. The summed E-state index contributed by atoms with van der Waals surface area (Å²) in [6.07, 6.45) is 0. The van der Waals surface area contributed by atoms with Gasteiger partial charge in [-0.05, 0) is 18.2 Å². The molecule has 0 aliphatic rings. The minimum absolute atomic E-state index is 0.368. The maximum atomic E-state index is 9.15. The van der Waals surface area contributed by atoms with Gasteiger partial charge in [-0.25, -0.2) is 0 Å². The van der Waals surface area contributed by atoms with Crippen molar-refractivity contribution in [3.8, 4) is 6.07 Å². The van der Waals surface area contributed by atoms with Crippen LogP contribution in [0, 0.1) is 11.3 Å². The lowest BCUT2D eigenvalue weighted by Gasteiger charge is -2.13. The van der Waals surface area contributed by atoms with E-state index in [2.05, 4.69) is 47.6 Å². The molecule has 0 spiro atoms. The van der Waals surface area contributed by atoms with E-state index in [0.29, 0.717) is 29.1 Å². The lowest BCUT2D eigenvalue weighted by Crippen LogP contribution is -2.15. The van der Waals surface area contributed by atoms with Crippen LogP contribution in [0.5, 0.6) is 0 Å². The minimum Gasteiger partial charge on any atom is -0.357 e. The second-order valence-electron chi connectivity index (χ2n) is 4.35. The third-order valence-corrected chi connectivity index (χ3v) is 3.09. The van der Waals surface area contributed by atoms with Gasteiger partial charge in [-0.3, -0.25) is 0 Å². The number of halogens is 1. The van der Waals surface area contributed by atoms with Gasteiger partial charge in [-0.1, -0.05) is 15.9 Å². The maximum absolute atomic E-state index is 9.15. The molecule has 0 aliphatic heterocycles. The fourth-order valence-electron chi connectivity index (χ4n) is 1.57. The second-order valence-corrected chi connectivity index (χ2v) is 5.27. The summed E-state index contributed by atoms with van der Waals surface area (Å²) < 4.78 is 0.861. The van der Waals surface area contributed by atoms with Crippen LogP contribution in [0.25, 0.3) is 0 Å². The largest absolute Gasteiger partial charge is 0.357 e. The predicted octanol–water partition coefficient (Wildman–Crippen LogP) is 2.36. The van der Waals surface area contributed by atoms with Crippen molar-refractivity contribution in [2.24, 2.45) is 0 Å². The molecule has 0 saturated carbocycles. The molecule has 2 aromatic rings. The second kappa shape index (κ2) is 6.37. The van der Waals surface area contributed by atoms with Crippen molar-refractivity contribution in [2.45, 2.75) is 0 Å². The van der Waals surface area contributed by atoms with Gasteiger partial charge in [0.1, 0.15) is 6.07 Å². The number of nitrogens with one attached hydrogen (secondary N) is 2. The van der Waals surface area contributed by atoms with Crippen molar-refractivity contribution in [1.29, 1.82) is 5.26 Å². The minimum atomic E-state index is 0.368. The standard InChI is InChI=1S/C13H14BrN7/c1-16-11-18-12(20-13(19-11)21(2)3)17-10-6-9(14)5-4-8(10)7-15/h4-6H,1-3H3,(H2,16,17,18,19,20). The third-order valence-electron chi connectivity index (χ3n) is 2.60. The van der Waals surface area contributed by atoms with Crippen molar-refractivity contribution in [3.05, 3.63) is 28.2 Å². The van der Waals surface area contributed by atoms with E-state index in [0.717, 1.165) is 4.47 Å². The van der Waals surface area contributed by atoms with Crippen LogP contribution in [0.3, 0.4) is 0 Å². The average Bonchev–Trinajstić information content (AvgIpc) is 2.47. The molecule has 8 heteroatoms. The molecule has 2 N–H and O–H groups in total. The summed E-state index contributed by atoms with van der Waals surface area (Å²) >= 11 is 3.38. The number of hydrogen-bond acceptors (Lipinski definition) is 7. The predicted molar refractivity (Wildman–Crippen MR) is 85.8 cm³/mol. The Kier molecular flexibility index (Phi) is 4.55. The van der Waals surface area contributed by atoms with Gasteiger partial charge in [0.2, 0.25) is 17.8 Å². The zero-order valence-electron chi connectivity index (χ0n) is 11.8. The molecular weight excluding hydrogens is 334 g/mol. The smallest absolute Gasteiger partial charge is 0.233 e. The van der Waals surface area contributed by atoms with Gasteiger partial charge in [-0.2, -0.15) is 20.2 Å². The zero-order chi connectivity index (χ0) is 15.4. The van der Waals surface area contributed by atoms with Gasteiger partial charge in [0.15, 0.2) is 0 Å². The molecule has 0 aliphatic carbocycles. The van der Waals surface area contributed by atoms with Gasteiger partial charge in [0, 0.05) is 25.6 Å². The van der Waals surface area contributed by atoms with Crippen molar-refractivity contribution < 1.29 is 0 Å². The monoisotopic (exact) mass is 347 g/mol. The van der Waals surface area contributed by atoms with Crippen LogP contribution in [0.1, 0.15) is 5.56 Å². The molecule has 0 unspecified atom stereocenters. The highest BCUT2D eigenvalue weighted by atomic mass is 79.9. The highest BCUT2D eigenvalue weighted by Crippen LogP contribution is 2.24. The first-order chi connectivity index (χ1) is 10.0. The van der Waals surface area contributed by atoms with Crippen LogP contribution in [0.15, 0.2) is 22.7 Å². The van der Waals surface area contributed by atoms with Crippen LogP contribution in [0.2, 0.25) is 0 Å². The maximum Gasteiger partial charge on any atom is 0.233 e. The summed E-state index contributed by atoms with van der Waals surface area (Å²) in [6.45, 7) is 0. The molecule has 0 saturated heterocycles. The SMILES string of the molecule is CNc1nc(Nc2cc(Br)ccc2C#N)nc(N(C)C)n1. The molecule has 0 atom stereocenters. The summed E-state index contributed by atoms with van der Waals surface area (Å²) in [5.74, 6) is 1.34. The molecule has 1 heterocycles. The summed E-state index contributed by atoms with van der Waals surface area (Å²) in [7, 11) is 5.43. The fraction of sp³-hybridized carbons (Fsp3) is 0.231. The van der Waals surface area contributed by atoms with Gasteiger partial charge >= 0.3 is 0 Å². The first-order valence-corrected chi connectivity index (χ1v) is 6.90. The van der Waals surface area contributed by atoms with E-state index < -0.39 is 0 Å². The van der Waals surface area contributed by atoms with E-state index >= 15 is 0 Å². The van der Waals surface area contributed by atoms with Crippen LogP contribution in [0.4, 0.5) is 23.5 Å². The summed E-state index contributed by atoms with van der Waals surface area (Å²) in [5.41, 5.74) is 1.14. The molecule has 0 radical (unpaired) electrons. The molecule has 1 aromatic heterocycles. The average molecular weight is 348 g/mol. The van der Waals surface area contributed by atoms with Gasteiger partial charge < -0.3 is 15.5 Å². The van der Waals surface area contributed by atoms with E-state index in [9.17, 15) is 0 Å². The molecule has 1 aromatic carbocycles. The highest BCUT2D eigenvalue weighted by molar-refractivity contribution is 9.10. The quantitative estimate of drug-likeness (QED) is 0.877. The van der Waals surface area contributed by atoms with Gasteiger partial charge in [-0.15, -0.1) is 0 Å². The first-order valence-electron chi connectivity index (χ1n) is 6.11. The van der Waals surface area contributed by atoms with E-state index in [1.807, 2.05) is 14.1 Å². The molecular formula is C13H14BrN7. The Hall–Kier alpha value is -2.40. The van der Waals surface area contributed by atoms with Crippen molar-refractivity contribution in [2.75, 3.05) is 36.7 Å². The van der Waals surface area contributed by atoms with Crippen LogP contribution in [-0.4, -0.2) is 36.1 Å². The number of nitriles is 1. The number of benzene rings is 1. The number of anilines is 4. The van der Waals surface area contributed by atoms with E-state index in [1.165, 1.54) is 0 Å². The van der Waals surface area contributed by atoms with E-state index in [-0.39, 0.29) is 0 Å². The first kappa shape index (κ1) is 15.0. The molecule has 2 rings (SSSR count). The Morgan fingerprint density at radius 3 is 2.52 bits per heavy atom. The van der Waals surface area contributed by atoms with Crippen molar-refractivity contribution >= 4 is 39.5 Å². The Morgan fingerprint density at radius 1 is 1.19 bits per heavy atom. The highest BCUT2D eigenvalue weighted by Gasteiger charge is 2.10. The number of hydrogen-bond donors (Lipinski definition) is 2. The number of aromatic nitrogens is 3. The fourth-order valence-corrected chi connectivity index (χ4v) is 1.93. The van der Waals surface area contributed by atoms with Crippen LogP contribution < -0.4 is 15.5 Å². The van der Waals surface area contributed by atoms with Crippen molar-refractivity contribution in [1.82, 2.24) is 15.0 Å². The molecule has 0 bridgehead atoms. The summed E-state index contributed by atoms with van der Waals surface area (Å²) in [5, 5.41) is 15.1. The van der Waals surface area contributed by atoms with E-state index in [4.69, 9.17) is 5.26 Å². The molecule has 0 amide bonds. The topological polar surface area (TPSA) is 89.8 Å². The van der Waals surface area contributed by atoms with Gasteiger partial charge in [0.05, 0.1) is 11.3 Å². The normalized spacial score (nSPS) is 9.86. The lowest BCUT2D eigenvalue weighted by atomic mass is 10.2. The number of rotatable bonds is 4. The number of nitrogens with zero attached hydrogens (tertiary/aromatic N) is 5. The summed E-state index contributed by atoms with van der Waals surface area (Å²) in [4.78, 5) is 14.6. The Morgan fingerprint density at radius 2 is 1.90 bits per heavy atom. The Bertz CT molecular complexity index is 693. The molecule has 0 fully saturated rings. The van der Waals surface area contributed by atoms with Crippen LogP contribution >= 0.6 is 15.9 Å². The zero-order valence-corrected chi connectivity index (χ0v) is 13.4. The molecule has 108 valence electrons. The van der Waals surface area contributed by atoms with Crippen LogP contribution in [-0.2, 0) is 0 Å². The molecule has 21 heavy (non-hydrogen) atoms. The Balaban J connectivity index is 2.42. The lowest BCUT2D eigenvalue weighted by molar-refractivity contribution is 0.963. The third kappa shape index (κ3) is 3.58.